The number of likely N-dealkylation sites (tertiary alicyclic amines) is 1. The number of aromatic nitrogens is 1. The minimum atomic E-state index is 0. The Labute approximate surface area is 171 Å². The molecule has 0 radical (unpaired) electrons. The van der Waals surface area contributed by atoms with Crippen LogP contribution in [0.25, 0.3) is 11.5 Å². The highest BCUT2D eigenvalue weighted by atomic mass is 35.5. The minimum Gasteiger partial charge on any atom is -0.497 e. The summed E-state index contributed by atoms with van der Waals surface area (Å²) in [5.74, 6) is 2.41. The third-order valence-corrected chi connectivity index (χ3v) is 5.32. The second kappa shape index (κ2) is 9.24. The molecule has 0 unspecified atom stereocenters. The fourth-order valence-electron chi connectivity index (χ4n) is 3.88. The van der Waals surface area contributed by atoms with E-state index < -0.39 is 0 Å². The first kappa shape index (κ1) is 20.4. The van der Waals surface area contributed by atoms with E-state index in [1.54, 1.807) is 13.4 Å². The summed E-state index contributed by atoms with van der Waals surface area (Å²) in [6.45, 7) is 3.46. The van der Waals surface area contributed by atoms with Crippen LogP contribution in [0.5, 0.6) is 5.75 Å². The van der Waals surface area contributed by atoms with Crippen molar-refractivity contribution in [1.82, 2.24) is 9.88 Å². The van der Waals surface area contributed by atoms with E-state index >= 15 is 0 Å². The van der Waals surface area contributed by atoms with Crippen molar-refractivity contribution in [3.63, 3.8) is 0 Å². The van der Waals surface area contributed by atoms with Crippen LogP contribution < -0.4 is 10.5 Å². The molecule has 0 spiro atoms. The van der Waals surface area contributed by atoms with Crippen LogP contribution in [0.1, 0.15) is 17.2 Å². The Morgan fingerprint density at radius 2 is 1.86 bits per heavy atom. The Balaban J connectivity index is 0.00000225. The molecule has 0 amide bonds. The molecule has 0 bridgehead atoms. The molecule has 2 heterocycles. The lowest BCUT2D eigenvalue weighted by molar-refractivity contribution is 0.312. The van der Waals surface area contributed by atoms with Crippen LogP contribution in [0.4, 0.5) is 0 Å². The number of nitrogens with two attached hydrogens (primary N) is 1. The number of benzene rings is 2. The van der Waals surface area contributed by atoms with Gasteiger partial charge in [-0.2, -0.15) is 0 Å². The van der Waals surface area contributed by atoms with Crippen LogP contribution in [-0.4, -0.2) is 36.6 Å². The molecule has 148 valence electrons. The van der Waals surface area contributed by atoms with Gasteiger partial charge in [-0.25, -0.2) is 4.98 Å². The summed E-state index contributed by atoms with van der Waals surface area (Å²) < 4.78 is 10.9. The van der Waals surface area contributed by atoms with Gasteiger partial charge in [-0.05, 0) is 42.3 Å². The predicted octanol–water partition coefficient (Wildman–Crippen LogP) is 3.95. The zero-order valence-electron chi connectivity index (χ0n) is 16.0. The predicted molar refractivity (Wildman–Crippen MR) is 113 cm³/mol. The Hall–Kier alpha value is -2.34. The van der Waals surface area contributed by atoms with Crippen molar-refractivity contribution in [3.05, 3.63) is 72.1 Å². The fraction of sp³-hybridized carbons (Fsp3) is 0.318. The molecule has 1 aliphatic heterocycles. The fourth-order valence-corrected chi connectivity index (χ4v) is 3.88. The zero-order chi connectivity index (χ0) is 18.6. The standard InChI is InChI=1S/C22H25N3O2.ClH/c1-26-20-9-7-17(8-10-20)22-24-19(15-27-22)13-25-12-18(11-23)21(14-25)16-5-3-2-4-6-16;/h2-10,15,18,21H,11-14,23H2,1H3;1H/t18-,21+;/m1./s1. The maximum absolute atomic E-state index is 6.05. The van der Waals surface area contributed by atoms with Crippen molar-refractivity contribution in [2.24, 2.45) is 11.7 Å². The normalized spacial score (nSPS) is 19.4. The molecule has 6 heteroatoms. The molecule has 0 saturated carbocycles. The molecule has 2 aromatic carbocycles. The van der Waals surface area contributed by atoms with E-state index in [4.69, 9.17) is 14.9 Å². The highest BCUT2D eigenvalue weighted by molar-refractivity contribution is 5.85. The second-order valence-corrected chi connectivity index (χ2v) is 7.08. The van der Waals surface area contributed by atoms with Crippen LogP contribution >= 0.6 is 12.4 Å². The molecular weight excluding hydrogens is 374 g/mol. The Bertz CT molecular complexity index is 867. The molecule has 3 aromatic rings. The maximum atomic E-state index is 6.05. The van der Waals surface area contributed by atoms with Gasteiger partial charge in [0.2, 0.25) is 5.89 Å². The average Bonchev–Trinajstić information content (AvgIpc) is 3.36. The monoisotopic (exact) mass is 399 g/mol. The molecule has 5 nitrogen and oxygen atoms in total. The molecule has 1 fully saturated rings. The number of oxazole rings is 1. The van der Waals surface area contributed by atoms with Crippen LogP contribution in [0.3, 0.4) is 0 Å². The van der Waals surface area contributed by atoms with Crippen molar-refractivity contribution in [2.45, 2.75) is 12.5 Å². The molecule has 1 aliphatic rings. The second-order valence-electron chi connectivity index (χ2n) is 7.08. The first-order valence-electron chi connectivity index (χ1n) is 9.33. The number of ether oxygens (including phenoxy) is 1. The molecule has 2 atom stereocenters. The van der Waals surface area contributed by atoms with Crippen molar-refractivity contribution in [3.8, 4) is 17.2 Å². The Morgan fingerprint density at radius 1 is 1.11 bits per heavy atom. The smallest absolute Gasteiger partial charge is 0.226 e. The SMILES string of the molecule is COc1ccc(-c2nc(CN3C[C@@H](CN)[C@H](c4ccccc4)C3)co2)cc1.Cl. The molecule has 28 heavy (non-hydrogen) atoms. The van der Waals surface area contributed by atoms with E-state index in [2.05, 4.69) is 40.2 Å². The number of hydrogen-bond acceptors (Lipinski definition) is 5. The lowest BCUT2D eigenvalue weighted by Gasteiger charge is -2.16. The van der Waals surface area contributed by atoms with E-state index in [0.29, 0.717) is 24.3 Å². The van der Waals surface area contributed by atoms with Gasteiger partial charge < -0.3 is 14.9 Å². The van der Waals surface area contributed by atoms with Gasteiger partial charge in [0.1, 0.15) is 12.0 Å². The number of halogens is 1. The Kier molecular flexibility index (Phi) is 6.73. The van der Waals surface area contributed by atoms with Gasteiger partial charge in [-0.3, -0.25) is 4.90 Å². The molecular formula is C22H26ClN3O2. The van der Waals surface area contributed by atoms with Gasteiger partial charge in [0.15, 0.2) is 0 Å². The summed E-state index contributed by atoms with van der Waals surface area (Å²) in [6, 6.07) is 18.4. The lowest BCUT2D eigenvalue weighted by Crippen LogP contribution is -2.23. The summed E-state index contributed by atoms with van der Waals surface area (Å²) in [5, 5.41) is 0. The van der Waals surface area contributed by atoms with E-state index in [1.807, 2.05) is 24.3 Å². The van der Waals surface area contributed by atoms with Crippen LogP contribution in [0.15, 0.2) is 65.3 Å². The first-order valence-corrected chi connectivity index (χ1v) is 9.33. The van der Waals surface area contributed by atoms with Crippen LogP contribution in [0.2, 0.25) is 0 Å². The summed E-state index contributed by atoms with van der Waals surface area (Å²) >= 11 is 0. The largest absolute Gasteiger partial charge is 0.497 e. The maximum Gasteiger partial charge on any atom is 0.226 e. The summed E-state index contributed by atoms with van der Waals surface area (Å²) in [7, 11) is 1.66. The van der Waals surface area contributed by atoms with E-state index in [9.17, 15) is 0 Å². The van der Waals surface area contributed by atoms with E-state index in [0.717, 1.165) is 36.6 Å². The summed E-state index contributed by atoms with van der Waals surface area (Å²) in [6.07, 6.45) is 1.76. The van der Waals surface area contributed by atoms with Crippen molar-refractivity contribution < 1.29 is 9.15 Å². The third-order valence-electron chi connectivity index (χ3n) is 5.32. The minimum absolute atomic E-state index is 0. The third kappa shape index (κ3) is 4.38. The van der Waals surface area contributed by atoms with Gasteiger partial charge >= 0.3 is 0 Å². The average molecular weight is 400 g/mol. The van der Waals surface area contributed by atoms with Crippen molar-refractivity contribution in [1.29, 1.82) is 0 Å². The molecule has 2 N–H and O–H groups in total. The first-order chi connectivity index (χ1) is 13.3. The topological polar surface area (TPSA) is 64.5 Å². The molecule has 1 saturated heterocycles. The van der Waals surface area contributed by atoms with Gasteiger partial charge in [0, 0.05) is 31.1 Å². The number of rotatable bonds is 6. The highest BCUT2D eigenvalue weighted by Gasteiger charge is 2.33. The highest BCUT2D eigenvalue weighted by Crippen LogP contribution is 2.33. The van der Waals surface area contributed by atoms with Crippen LogP contribution in [-0.2, 0) is 6.54 Å². The zero-order valence-corrected chi connectivity index (χ0v) is 16.8. The molecule has 0 aliphatic carbocycles. The molecule has 4 rings (SSSR count). The van der Waals surface area contributed by atoms with Gasteiger partial charge in [0.05, 0.1) is 12.8 Å². The summed E-state index contributed by atoms with van der Waals surface area (Å²) in [5.41, 5.74) is 9.32. The van der Waals surface area contributed by atoms with Gasteiger partial charge in [-0.15, -0.1) is 12.4 Å². The number of methoxy groups -OCH3 is 1. The van der Waals surface area contributed by atoms with Gasteiger partial charge in [-0.1, -0.05) is 30.3 Å². The van der Waals surface area contributed by atoms with E-state index in [-0.39, 0.29) is 12.4 Å². The van der Waals surface area contributed by atoms with Gasteiger partial charge in [0.25, 0.3) is 0 Å². The van der Waals surface area contributed by atoms with Crippen LogP contribution in [0, 0.1) is 5.92 Å². The van der Waals surface area contributed by atoms with Crippen molar-refractivity contribution >= 4 is 12.4 Å². The van der Waals surface area contributed by atoms with Crippen molar-refractivity contribution in [2.75, 3.05) is 26.7 Å². The lowest BCUT2D eigenvalue weighted by atomic mass is 9.89. The Morgan fingerprint density at radius 3 is 2.54 bits per heavy atom. The summed E-state index contributed by atoms with van der Waals surface area (Å²) in [4.78, 5) is 7.09. The molecule has 1 aromatic heterocycles. The van der Waals surface area contributed by atoms with E-state index in [1.165, 1.54) is 5.56 Å². The number of nitrogens with zero attached hydrogens (tertiary/aromatic N) is 2. The number of hydrogen-bond donors (Lipinski definition) is 1. The quantitative estimate of drug-likeness (QED) is 0.680.